The second kappa shape index (κ2) is 7.51. The van der Waals surface area contributed by atoms with E-state index in [9.17, 15) is 4.39 Å². The fourth-order valence-electron chi connectivity index (χ4n) is 2.83. The van der Waals surface area contributed by atoms with Gasteiger partial charge >= 0.3 is 0 Å². The van der Waals surface area contributed by atoms with Crippen LogP contribution in [0.4, 0.5) is 4.39 Å². The van der Waals surface area contributed by atoms with Gasteiger partial charge in [-0.1, -0.05) is 18.2 Å². The topological polar surface area (TPSA) is 36.9 Å². The fraction of sp³-hybridized carbons (Fsp3) is 0.471. The molecule has 3 rings (SSSR count). The Bertz CT molecular complexity index is 551. The van der Waals surface area contributed by atoms with Gasteiger partial charge in [0, 0.05) is 37.6 Å². The maximum atomic E-state index is 13.6. The minimum absolute atomic E-state index is 0.184. The number of hydrogen-bond acceptors (Lipinski definition) is 4. The van der Waals surface area contributed by atoms with Crippen molar-refractivity contribution < 1.29 is 9.13 Å². The highest BCUT2D eigenvalue weighted by molar-refractivity contribution is 5.89. The van der Waals surface area contributed by atoms with Gasteiger partial charge in [0.1, 0.15) is 5.82 Å². The summed E-state index contributed by atoms with van der Waals surface area (Å²) in [6, 6.07) is 6.81. The van der Waals surface area contributed by atoms with Crippen molar-refractivity contribution in [2.24, 2.45) is 4.99 Å². The summed E-state index contributed by atoms with van der Waals surface area (Å²) in [5.74, 6) is -0.184. The minimum Gasteiger partial charge on any atom is -0.384 e. The lowest BCUT2D eigenvalue weighted by atomic mass is 10.1. The Balaban J connectivity index is 1.41. The molecule has 2 aliphatic heterocycles. The SMILES string of the molecule is Fc1ccccc1COC1CCN(CC2=NC=CNC2)CC1. The summed E-state index contributed by atoms with van der Waals surface area (Å²) in [7, 11) is 0. The van der Waals surface area contributed by atoms with E-state index in [2.05, 4.69) is 15.2 Å². The van der Waals surface area contributed by atoms with E-state index in [0.717, 1.165) is 39.0 Å². The number of hydrogen-bond donors (Lipinski definition) is 1. The van der Waals surface area contributed by atoms with Crippen LogP contribution < -0.4 is 5.32 Å². The number of benzene rings is 1. The summed E-state index contributed by atoms with van der Waals surface area (Å²) in [4.78, 5) is 6.79. The molecule has 5 heteroatoms. The summed E-state index contributed by atoms with van der Waals surface area (Å²) >= 11 is 0. The maximum absolute atomic E-state index is 13.6. The van der Waals surface area contributed by atoms with Crippen LogP contribution in [0.25, 0.3) is 0 Å². The van der Waals surface area contributed by atoms with Gasteiger partial charge < -0.3 is 10.1 Å². The first-order valence-corrected chi connectivity index (χ1v) is 7.82. The lowest BCUT2D eigenvalue weighted by molar-refractivity contribution is -0.000790. The average molecular weight is 303 g/mol. The number of nitrogens with one attached hydrogen (secondary N) is 1. The summed E-state index contributed by atoms with van der Waals surface area (Å²) in [6.45, 7) is 4.12. The third kappa shape index (κ3) is 4.15. The highest BCUT2D eigenvalue weighted by Gasteiger charge is 2.21. The van der Waals surface area contributed by atoms with Crippen molar-refractivity contribution in [2.75, 3.05) is 26.2 Å². The highest BCUT2D eigenvalue weighted by Crippen LogP contribution is 2.17. The van der Waals surface area contributed by atoms with E-state index >= 15 is 0 Å². The normalized spacial score (nSPS) is 19.8. The Morgan fingerprint density at radius 1 is 1.27 bits per heavy atom. The van der Waals surface area contributed by atoms with Crippen LogP contribution >= 0.6 is 0 Å². The minimum atomic E-state index is -0.184. The average Bonchev–Trinajstić information content (AvgIpc) is 2.56. The molecular formula is C17H22FN3O. The van der Waals surface area contributed by atoms with E-state index in [1.54, 1.807) is 12.1 Å². The molecule has 2 heterocycles. The molecule has 0 atom stereocenters. The largest absolute Gasteiger partial charge is 0.384 e. The van der Waals surface area contributed by atoms with E-state index in [1.165, 1.54) is 11.8 Å². The molecule has 0 radical (unpaired) electrons. The van der Waals surface area contributed by atoms with Crippen LogP contribution in [-0.2, 0) is 11.3 Å². The first kappa shape index (κ1) is 15.2. The zero-order chi connectivity index (χ0) is 15.2. The Morgan fingerprint density at radius 3 is 2.82 bits per heavy atom. The van der Waals surface area contributed by atoms with Crippen molar-refractivity contribution in [3.8, 4) is 0 Å². The second-order valence-corrected chi connectivity index (χ2v) is 5.77. The number of ether oxygens (including phenoxy) is 1. The van der Waals surface area contributed by atoms with Gasteiger partial charge in [-0.25, -0.2) is 4.39 Å². The molecule has 118 valence electrons. The van der Waals surface area contributed by atoms with E-state index in [4.69, 9.17) is 4.74 Å². The first-order chi connectivity index (χ1) is 10.8. The Hall–Kier alpha value is -1.72. The van der Waals surface area contributed by atoms with Crippen LogP contribution in [0.2, 0.25) is 0 Å². The monoisotopic (exact) mass is 303 g/mol. The molecule has 0 spiro atoms. The van der Waals surface area contributed by atoms with Gasteiger partial charge in [-0.3, -0.25) is 9.89 Å². The Labute approximate surface area is 130 Å². The fourth-order valence-corrected chi connectivity index (χ4v) is 2.83. The van der Waals surface area contributed by atoms with Crippen molar-refractivity contribution in [3.05, 3.63) is 48.0 Å². The van der Waals surface area contributed by atoms with Gasteiger partial charge in [-0.05, 0) is 18.9 Å². The second-order valence-electron chi connectivity index (χ2n) is 5.77. The first-order valence-electron chi connectivity index (χ1n) is 7.82. The number of nitrogens with zero attached hydrogens (tertiary/aromatic N) is 2. The molecule has 0 aliphatic carbocycles. The van der Waals surface area contributed by atoms with Crippen molar-refractivity contribution in [1.82, 2.24) is 10.2 Å². The van der Waals surface area contributed by atoms with E-state index < -0.39 is 0 Å². The number of likely N-dealkylation sites (tertiary alicyclic amines) is 1. The van der Waals surface area contributed by atoms with Crippen LogP contribution in [0, 0.1) is 5.82 Å². The van der Waals surface area contributed by atoms with Gasteiger partial charge in [0.25, 0.3) is 0 Å². The number of aliphatic imine (C=N–C) groups is 1. The van der Waals surface area contributed by atoms with Gasteiger partial charge in [-0.15, -0.1) is 0 Å². The molecule has 4 nitrogen and oxygen atoms in total. The predicted molar refractivity (Wildman–Crippen MR) is 85.2 cm³/mol. The third-order valence-corrected chi connectivity index (χ3v) is 4.13. The van der Waals surface area contributed by atoms with Crippen LogP contribution in [0.3, 0.4) is 0 Å². The van der Waals surface area contributed by atoms with Crippen LogP contribution in [0.15, 0.2) is 41.7 Å². The summed E-state index contributed by atoms with van der Waals surface area (Å²) < 4.78 is 19.4. The van der Waals surface area contributed by atoms with Crippen molar-refractivity contribution >= 4 is 5.71 Å². The van der Waals surface area contributed by atoms with Gasteiger partial charge in [0.15, 0.2) is 0 Å². The van der Waals surface area contributed by atoms with Gasteiger partial charge in [0.2, 0.25) is 0 Å². The molecule has 0 aromatic heterocycles. The smallest absolute Gasteiger partial charge is 0.128 e. The zero-order valence-corrected chi connectivity index (χ0v) is 12.7. The van der Waals surface area contributed by atoms with Crippen LogP contribution in [0.5, 0.6) is 0 Å². The van der Waals surface area contributed by atoms with Crippen LogP contribution in [0.1, 0.15) is 18.4 Å². The highest BCUT2D eigenvalue weighted by atomic mass is 19.1. The Morgan fingerprint density at radius 2 is 2.09 bits per heavy atom. The van der Waals surface area contributed by atoms with Gasteiger partial charge in [-0.2, -0.15) is 0 Å². The zero-order valence-electron chi connectivity index (χ0n) is 12.7. The molecule has 1 fully saturated rings. The number of rotatable bonds is 5. The maximum Gasteiger partial charge on any atom is 0.128 e. The van der Waals surface area contributed by atoms with E-state index in [-0.39, 0.29) is 11.9 Å². The molecule has 0 unspecified atom stereocenters. The molecule has 1 saturated heterocycles. The lowest BCUT2D eigenvalue weighted by Crippen LogP contribution is -2.41. The molecule has 22 heavy (non-hydrogen) atoms. The summed E-state index contributed by atoms with van der Waals surface area (Å²) in [5.41, 5.74) is 1.81. The molecule has 1 N–H and O–H groups in total. The molecule has 1 aromatic carbocycles. The molecule has 0 bridgehead atoms. The van der Waals surface area contributed by atoms with Crippen molar-refractivity contribution in [2.45, 2.75) is 25.6 Å². The molecule has 0 saturated carbocycles. The molecular weight excluding hydrogens is 281 g/mol. The number of piperidine rings is 1. The lowest BCUT2D eigenvalue weighted by Gasteiger charge is -2.32. The van der Waals surface area contributed by atoms with Crippen molar-refractivity contribution in [1.29, 1.82) is 0 Å². The number of halogens is 1. The quantitative estimate of drug-likeness (QED) is 0.907. The van der Waals surface area contributed by atoms with Crippen molar-refractivity contribution in [3.63, 3.8) is 0 Å². The molecule has 1 aromatic rings. The predicted octanol–water partition coefficient (Wildman–Crippen LogP) is 2.32. The summed E-state index contributed by atoms with van der Waals surface area (Å²) in [5, 5.41) is 3.18. The standard InChI is InChI=1S/C17H22FN3O/c18-17-4-2-1-3-14(17)13-22-16-5-9-21(10-6-16)12-15-11-19-7-8-20-15/h1-4,7-8,16,19H,5-6,9-13H2. The third-order valence-electron chi connectivity index (χ3n) is 4.13. The summed E-state index contributed by atoms with van der Waals surface area (Å²) in [6.07, 6.45) is 5.88. The Kier molecular flexibility index (Phi) is 5.19. The molecule has 2 aliphatic rings. The van der Waals surface area contributed by atoms with E-state index in [1.807, 2.05) is 18.5 Å². The van der Waals surface area contributed by atoms with E-state index in [0.29, 0.717) is 12.2 Å². The molecule has 0 amide bonds. The van der Waals surface area contributed by atoms with Gasteiger partial charge in [0.05, 0.1) is 25.0 Å². The van der Waals surface area contributed by atoms with Crippen LogP contribution in [-0.4, -0.2) is 42.9 Å².